The summed E-state index contributed by atoms with van der Waals surface area (Å²) in [7, 11) is 1.55. The SMILES string of the molecule is COCC(=O)NC1CCC(CCN2CCN(C3=NOC4(C)C=C(F)C(C)=CC34)CC2)CC1. The van der Waals surface area contributed by atoms with Crippen LogP contribution in [0.15, 0.2) is 28.7 Å². The highest BCUT2D eigenvalue weighted by Gasteiger charge is 2.47. The molecule has 8 heteroatoms. The van der Waals surface area contributed by atoms with Crippen LogP contribution in [0, 0.1) is 11.8 Å². The number of amidine groups is 1. The van der Waals surface area contributed by atoms with E-state index in [0.29, 0.717) is 11.6 Å². The van der Waals surface area contributed by atoms with Crippen LogP contribution in [0.5, 0.6) is 0 Å². The summed E-state index contributed by atoms with van der Waals surface area (Å²) in [5, 5.41) is 7.43. The number of oxime groups is 1. The first-order valence-electron chi connectivity index (χ1n) is 12.0. The van der Waals surface area contributed by atoms with E-state index in [1.807, 2.05) is 13.0 Å². The predicted molar refractivity (Wildman–Crippen MR) is 122 cm³/mol. The maximum absolute atomic E-state index is 14.0. The monoisotopic (exact) mass is 448 g/mol. The van der Waals surface area contributed by atoms with E-state index in [9.17, 15) is 9.18 Å². The van der Waals surface area contributed by atoms with Crippen LogP contribution in [0.3, 0.4) is 0 Å². The molecule has 2 fully saturated rings. The van der Waals surface area contributed by atoms with E-state index in [-0.39, 0.29) is 24.3 Å². The first-order valence-corrected chi connectivity index (χ1v) is 12.0. The van der Waals surface area contributed by atoms with Crippen molar-refractivity contribution in [1.82, 2.24) is 15.1 Å². The molecule has 0 spiro atoms. The van der Waals surface area contributed by atoms with Crippen molar-refractivity contribution in [2.24, 2.45) is 17.0 Å². The molecule has 1 N–H and O–H groups in total. The van der Waals surface area contributed by atoms with E-state index in [0.717, 1.165) is 57.3 Å². The number of ether oxygens (including phenoxy) is 1. The van der Waals surface area contributed by atoms with Gasteiger partial charge in [-0.3, -0.25) is 9.69 Å². The fourth-order valence-electron chi connectivity index (χ4n) is 5.38. The Morgan fingerprint density at radius 2 is 2.00 bits per heavy atom. The molecule has 1 saturated carbocycles. The van der Waals surface area contributed by atoms with Crippen LogP contribution in [-0.2, 0) is 14.4 Å². The highest BCUT2D eigenvalue weighted by atomic mass is 19.1. The van der Waals surface area contributed by atoms with Crippen molar-refractivity contribution in [2.75, 3.05) is 46.4 Å². The molecule has 4 rings (SSSR count). The van der Waals surface area contributed by atoms with Crippen LogP contribution in [-0.4, -0.2) is 79.6 Å². The van der Waals surface area contributed by atoms with Gasteiger partial charge in [-0.05, 0) is 70.1 Å². The number of halogens is 1. The van der Waals surface area contributed by atoms with Crippen LogP contribution in [0.25, 0.3) is 0 Å². The molecule has 32 heavy (non-hydrogen) atoms. The Hall–Kier alpha value is -1.93. The van der Waals surface area contributed by atoms with Crippen molar-refractivity contribution in [1.29, 1.82) is 0 Å². The molecule has 2 heterocycles. The van der Waals surface area contributed by atoms with Gasteiger partial charge in [-0.15, -0.1) is 0 Å². The normalized spacial score (nSPS) is 33.1. The predicted octanol–water partition coefficient (Wildman–Crippen LogP) is 2.85. The number of carbonyl (C=O) groups is 1. The fraction of sp³-hybridized carbons (Fsp3) is 0.750. The second-order valence-electron chi connectivity index (χ2n) is 9.88. The van der Waals surface area contributed by atoms with Crippen LogP contribution in [0.4, 0.5) is 4.39 Å². The number of amides is 1. The van der Waals surface area contributed by atoms with Crippen LogP contribution in [0.1, 0.15) is 46.0 Å². The largest absolute Gasteiger partial charge is 0.383 e. The minimum atomic E-state index is -0.710. The summed E-state index contributed by atoms with van der Waals surface area (Å²) in [6, 6.07) is 0.304. The average Bonchev–Trinajstić information content (AvgIpc) is 3.10. The van der Waals surface area contributed by atoms with Crippen LogP contribution in [0.2, 0.25) is 0 Å². The second-order valence-corrected chi connectivity index (χ2v) is 9.88. The van der Waals surface area contributed by atoms with Crippen molar-refractivity contribution >= 4 is 11.7 Å². The summed E-state index contributed by atoms with van der Waals surface area (Å²) in [6.07, 6.45) is 9.24. The standard InChI is InChI=1S/C24H37FN4O3/c1-17-14-20-23(27-32-24(20,2)15-21(17)25)29-12-10-28(11-13-29)9-8-18-4-6-19(7-5-18)26-22(30)16-31-3/h14-15,18-20H,4-13,16H2,1-3H3,(H,26,30). The Labute approximate surface area is 190 Å². The molecule has 2 atom stereocenters. The van der Waals surface area contributed by atoms with Crippen LogP contribution >= 0.6 is 0 Å². The molecular weight excluding hydrogens is 411 g/mol. The summed E-state index contributed by atoms with van der Waals surface area (Å²) >= 11 is 0. The Morgan fingerprint density at radius 1 is 1.28 bits per heavy atom. The molecule has 1 amide bonds. The second kappa shape index (κ2) is 9.91. The number of rotatable bonds is 6. The quantitative estimate of drug-likeness (QED) is 0.677. The molecule has 0 bridgehead atoms. The van der Waals surface area contributed by atoms with Gasteiger partial charge in [0.2, 0.25) is 5.91 Å². The van der Waals surface area contributed by atoms with Gasteiger partial charge in [-0.2, -0.15) is 0 Å². The number of allylic oxidation sites excluding steroid dienone is 2. The summed E-state index contributed by atoms with van der Waals surface area (Å²) in [4.78, 5) is 22.2. The van der Waals surface area contributed by atoms with Crippen molar-refractivity contribution < 1.29 is 18.8 Å². The van der Waals surface area contributed by atoms with E-state index >= 15 is 0 Å². The molecule has 4 aliphatic rings. The van der Waals surface area contributed by atoms with Gasteiger partial charge in [-0.25, -0.2) is 4.39 Å². The van der Waals surface area contributed by atoms with Crippen molar-refractivity contribution in [3.05, 3.63) is 23.6 Å². The minimum absolute atomic E-state index is 0.00793. The topological polar surface area (TPSA) is 66.4 Å². The Balaban J connectivity index is 1.18. The third kappa shape index (κ3) is 5.17. The number of piperazine rings is 1. The highest BCUT2D eigenvalue weighted by molar-refractivity contribution is 5.89. The molecule has 178 valence electrons. The molecule has 7 nitrogen and oxygen atoms in total. The minimum Gasteiger partial charge on any atom is -0.383 e. The van der Waals surface area contributed by atoms with Gasteiger partial charge >= 0.3 is 0 Å². The lowest BCUT2D eigenvalue weighted by Crippen LogP contribution is -2.51. The number of methoxy groups -OCH3 is 1. The maximum Gasteiger partial charge on any atom is 0.246 e. The lowest BCUT2D eigenvalue weighted by molar-refractivity contribution is -0.125. The number of nitrogens with one attached hydrogen (secondary N) is 1. The maximum atomic E-state index is 14.0. The van der Waals surface area contributed by atoms with Gasteiger partial charge in [0.1, 0.15) is 12.4 Å². The van der Waals surface area contributed by atoms with E-state index in [1.54, 1.807) is 20.1 Å². The fourth-order valence-corrected chi connectivity index (χ4v) is 5.38. The van der Waals surface area contributed by atoms with E-state index < -0.39 is 5.60 Å². The Bertz CT molecular complexity index is 782. The van der Waals surface area contributed by atoms with Crippen LogP contribution < -0.4 is 5.32 Å². The molecule has 1 saturated heterocycles. The third-order valence-electron chi connectivity index (χ3n) is 7.48. The van der Waals surface area contributed by atoms with Gasteiger partial charge in [0.15, 0.2) is 11.4 Å². The number of fused-ring (bicyclic) bond motifs is 1. The molecule has 2 unspecified atom stereocenters. The molecule has 0 aromatic carbocycles. The molecule has 2 aliphatic heterocycles. The lowest BCUT2D eigenvalue weighted by atomic mass is 9.82. The Kier molecular flexibility index (Phi) is 7.20. The molecule has 0 aromatic heterocycles. The number of nitrogens with zero attached hydrogens (tertiary/aromatic N) is 3. The molecular formula is C24H37FN4O3. The summed E-state index contributed by atoms with van der Waals surface area (Å²) in [6.45, 7) is 8.85. The smallest absolute Gasteiger partial charge is 0.246 e. The summed E-state index contributed by atoms with van der Waals surface area (Å²) < 4.78 is 18.9. The number of hydrogen-bond donors (Lipinski definition) is 1. The summed E-state index contributed by atoms with van der Waals surface area (Å²) in [5.74, 6) is 1.44. The van der Waals surface area contributed by atoms with Gasteiger partial charge in [-0.1, -0.05) is 11.2 Å². The first-order chi connectivity index (χ1) is 15.4. The molecule has 2 aliphatic carbocycles. The van der Waals surface area contributed by atoms with Crippen molar-refractivity contribution in [3.8, 4) is 0 Å². The highest BCUT2D eigenvalue weighted by Crippen LogP contribution is 2.40. The zero-order chi connectivity index (χ0) is 22.7. The lowest BCUT2D eigenvalue weighted by Gasteiger charge is -2.38. The van der Waals surface area contributed by atoms with Crippen molar-refractivity contribution in [3.63, 3.8) is 0 Å². The number of carbonyl (C=O) groups excluding carboxylic acids is 1. The zero-order valence-corrected chi connectivity index (χ0v) is 19.6. The molecule has 0 radical (unpaired) electrons. The van der Waals surface area contributed by atoms with Gasteiger partial charge < -0.3 is 19.8 Å². The summed E-state index contributed by atoms with van der Waals surface area (Å²) in [5.41, 5.74) is -0.0462. The van der Waals surface area contributed by atoms with Crippen molar-refractivity contribution in [2.45, 2.75) is 57.6 Å². The average molecular weight is 449 g/mol. The van der Waals surface area contributed by atoms with Gasteiger partial charge in [0.05, 0.1) is 5.92 Å². The van der Waals surface area contributed by atoms with E-state index in [4.69, 9.17) is 9.57 Å². The Morgan fingerprint density at radius 3 is 2.69 bits per heavy atom. The number of hydrogen-bond acceptors (Lipinski definition) is 6. The first kappa shape index (κ1) is 23.2. The van der Waals surface area contributed by atoms with Gasteiger partial charge in [0, 0.05) is 39.3 Å². The van der Waals surface area contributed by atoms with Gasteiger partial charge in [0.25, 0.3) is 0 Å². The third-order valence-corrected chi connectivity index (χ3v) is 7.48. The molecule has 0 aromatic rings. The van der Waals surface area contributed by atoms with E-state index in [2.05, 4.69) is 20.3 Å². The van der Waals surface area contributed by atoms with E-state index in [1.165, 1.54) is 19.3 Å². The zero-order valence-electron chi connectivity index (χ0n) is 19.6.